The molecule has 0 bridgehead atoms. The van der Waals surface area contributed by atoms with Crippen LogP contribution in [0.3, 0.4) is 0 Å². The van der Waals surface area contributed by atoms with Gasteiger partial charge in [-0.15, -0.1) is 0 Å². The molecular formula is C9H17NO5S. The van der Waals surface area contributed by atoms with Crippen LogP contribution < -0.4 is 5.32 Å². The predicted octanol–water partition coefficient (Wildman–Crippen LogP) is -0.209. The summed E-state index contributed by atoms with van der Waals surface area (Å²) in [5, 5.41) is 11.2. The molecule has 0 radical (unpaired) electrons. The van der Waals surface area contributed by atoms with Gasteiger partial charge in [-0.25, -0.2) is 8.42 Å². The number of aliphatic carboxylic acids is 1. The first-order chi connectivity index (χ1) is 7.15. The number of rotatable bonds is 6. The summed E-state index contributed by atoms with van der Waals surface area (Å²) in [4.78, 5) is 21.8. The third-order valence-electron chi connectivity index (χ3n) is 2.26. The van der Waals surface area contributed by atoms with E-state index < -0.39 is 32.2 Å². The van der Waals surface area contributed by atoms with E-state index in [9.17, 15) is 18.0 Å². The highest BCUT2D eigenvalue weighted by atomic mass is 32.2. The van der Waals surface area contributed by atoms with Crippen LogP contribution in [0.1, 0.15) is 27.2 Å². The minimum Gasteiger partial charge on any atom is -0.480 e. The second-order valence-electron chi connectivity index (χ2n) is 3.84. The van der Waals surface area contributed by atoms with Crippen LogP contribution in [0, 0.1) is 0 Å². The standard InChI is InChI=1S/C9H17NO5S/c1-4-10-7(11)5-6-16(14,15)9(2,3)8(12)13/h4-6H2,1-3H3,(H,10,11)(H,12,13). The summed E-state index contributed by atoms with van der Waals surface area (Å²) < 4.78 is 21.4. The summed E-state index contributed by atoms with van der Waals surface area (Å²) in [7, 11) is -3.83. The van der Waals surface area contributed by atoms with Crippen LogP contribution in [0.4, 0.5) is 0 Å². The first-order valence-electron chi connectivity index (χ1n) is 4.87. The Morgan fingerprint density at radius 2 is 1.81 bits per heavy atom. The molecule has 0 saturated heterocycles. The smallest absolute Gasteiger partial charge is 0.324 e. The molecule has 1 amide bonds. The maximum atomic E-state index is 11.6. The minimum absolute atomic E-state index is 0.215. The molecule has 6 nitrogen and oxygen atoms in total. The number of carboxylic acids is 1. The molecule has 0 aromatic rings. The lowest BCUT2D eigenvalue weighted by Gasteiger charge is -2.19. The zero-order valence-electron chi connectivity index (χ0n) is 9.61. The van der Waals surface area contributed by atoms with Crippen molar-refractivity contribution in [2.45, 2.75) is 31.9 Å². The summed E-state index contributed by atoms with van der Waals surface area (Å²) in [6.07, 6.45) is -0.215. The fourth-order valence-corrected chi connectivity index (χ4v) is 2.13. The van der Waals surface area contributed by atoms with E-state index in [2.05, 4.69) is 5.32 Å². The molecule has 7 heteroatoms. The van der Waals surface area contributed by atoms with Crippen molar-refractivity contribution in [3.8, 4) is 0 Å². The van der Waals surface area contributed by atoms with Crippen LogP contribution in [-0.4, -0.2) is 42.4 Å². The Morgan fingerprint density at radius 1 is 1.31 bits per heavy atom. The van der Waals surface area contributed by atoms with Crippen LogP contribution in [-0.2, 0) is 19.4 Å². The van der Waals surface area contributed by atoms with E-state index in [1.807, 2.05) is 0 Å². The normalized spacial score (nSPS) is 12.2. The highest BCUT2D eigenvalue weighted by molar-refractivity contribution is 7.93. The maximum absolute atomic E-state index is 11.6. The number of hydrogen-bond acceptors (Lipinski definition) is 4. The molecule has 0 aliphatic rings. The van der Waals surface area contributed by atoms with Gasteiger partial charge in [0.1, 0.15) is 0 Å². The minimum atomic E-state index is -3.83. The van der Waals surface area contributed by atoms with Gasteiger partial charge in [-0.1, -0.05) is 0 Å². The zero-order chi connectivity index (χ0) is 13.0. The van der Waals surface area contributed by atoms with Crippen LogP contribution in [0.25, 0.3) is 0 Å². The number of carbonyl (C=O) groups is 2. The molecule has 0 aromatic carbocycles. The summed E-state index contributed by atoms with van der Waals surface area (Å²) in [5.74, 6) is -2.27. The van der Waals surface area contributed by atoms with Gasteiger partial charge in [0.15, 0.2) is 14.6 Å². The fraction of sp³-hybridized carbons (Fsp3) is 0.778. The Morgan fingerprint density at radius 3 is 2.19 bits per heavy atom. The van der Waals surface area contributed by atoms with Crippen molar-refractivity contribution in [3.05, 3.63) is 0 Å². The molecule has 0 aliphatic carbocycles. The predicted molar refractivity (Wildman–Crippen MR) is 58.8 cm³/mol. The molecule has 0 atom stereocenters. The van der Waals surface area contributed by atoms with Crippen molar-refractivity contribution in [3.63, 3.8) is 0 Å². The average molecular weight is 251 g/mol. The summed E-state index contributed by atoms with van der Waals surface area (Å²) in [6, 6.07) is 0. The third kappa shape index (κ3) is 3.48. The van der Waals surface area contributed by atoms with Crippen molar-refractivity contribution >= 4 is 21.7 Å². The quantitative estimate of drug-likeness (QED) is 0.680. The monoisotopic (exact) mass is 251 g/mol. The second kappa shape index (κ2) is 5.29. The number of carboxylic acid groups (broad SMARTS) is 1. The average Bonchev–Trinajstić information content (AvgIpc) is 2.15. The van der Waals surface area contributed by atoms with Crippen molar-refractivity contribution in [2.24, 2.45) is 0 Å². The van der Waals surface area contributed by atoms with Gasteiger partial charge >= 0.3 is 5.97 Å². The van der Waals surface area contributed by atoms with E-state index in [1.54, 1.807) is 6.92 Å². The molecule has 0 rings (SSSR count). The van der Waals surface area contributed by atoms with Gasteiger partial charge in [-0.2, -0.15) is 0 Å². The van der Waals surface area contributed by atoms with E-state index in [1.165, 1.54) is 0 Å². The van der Waals surface area contributed by atoms with Crippen molar-refractivity contribution in [1.29, 1.82) is 0 Å². The number of nitrogens with one attached hydrogen (secondary N) is 1. The van der Waals surface area contributed by atoms with E-state index in [-0.39, 0.29) is 6.42 Å². The fourth-order valence-electron chi connectivity index (χ4n) is 0.901. The van der Waals surface area contributed by atoms with Gasteiger partial charge < -0.3 is 10.4 Å². The largest absolute Gasteiger partial charge is 0.480 e. The molecule has 0 spiro atoms. The molecular weight excluding hydrogens is 234 g/mol. The van der Waals surface area contributed by atoms with Gasteiger partial charge in [0.2, 0.25) is 5.91 Å². The van der Waals surface area contributed by atoms with E-state index in [0.717, 1.165) is 13.8 Å². The van der Waals surface area contributed by atoms with Crippen LogP contribution >= 0.6 is 0 Å². The third-order valence-corrected chi connectivity index (χ3v) is 4.74. The molecule has 0 aromatic heterocycles. The lowest BCUT2D eigenvalue weighted by Crippen LogP contribution is -2.42. The summed E-state index contributed by atoms with van der Waals surface area (Å²) >= 11 is 0. The Bertz CT molecular complexity index is 371. The number of amides is 1. The summed E-state index contributed by atoms with van der Waals surface area (Å²) in [5.41, 5.74) is 0. The van der Waals surface area contributed by atoms with Crippen molar-refractivity contribution in [1.82, 2.24) is 5.32 Å². The van der Waals surface area contributed by atoms with Crippen LogP contribution in [0.2, 0.25) is 0 Å². The molecule has 0 heterocycles. The van der Waals surface area contributed by atoms with Crippen molar-refractivity contribution in [2.75, 3.05) is 12.3 Å². The van der Waals surface area contributed by atoms with E-state index in [4.69, 9.17) is 5.11 Å². The van der Waals surface area contributed by atoms with E-state index >= 15 is 0 Å². The lowest BCUT2D eigenvalue weighted by molar-refractivity contribution is -0.139. The number of sulfone groups is 1. The van der Waals surface area contributed by atoms with E-state index in [0.29, 0.717) is 6.54 Å². The molecule has 16 heavy (non-hydrogen) atoms. The zero-order valence-corrected chi connectivity index (χ0v) is 10.4. The Hall–Kier alpha value is -1.11. The number of hydrogen-bond donors (Lipinski definition) is 2. The van der Waals surface area contributed by atoms with Crippen LogP contribution in [0.15, 0.2) is 0 Å². The van der Waals surface area contributed by atoms with Crippen LogP contribution in [0.5, 0.6) is 0 Å². The van der Waals surface area contributed by atoms with Gasteiger partial charge in [0, 0.05) is 13.0 Å². The molecule has 0 saturated carbocycles. The van der Waals surface area contributed by atoms with Gasteiger partial charge in [0.25, 0.3) is 0 Å². The first kappa shape index (κ1) is 14.9. The Kier molecular flexibility index (Phi) is 4.92. The Balaban J connectivity index is 4.60. The lowest BCUT2D eigenvalue weighted by atomic mass is 10.2. The molecule has 94 valence electrons. The van der Waals surface area contributed by atoms with Crippen molar-refractivity contribution < 1.29 is 23.1 Å². The van der Waals surface area contributed by atoms with Gasteiger partial charge in [-0.05, 0) is 20.8 Å². The molecule has 2 N–H and O–H groups in total. The Labute approximate surface area is 95.0 Å². The van der Waals surface area contributed by atoms with Gasteiger partial charge in [-0.3, -0.25) is 9.59 Å². The highest BCUT2D eigenvalue weighted by Crippen LogP contribution is 2.18. The SMILES string of the molecule is CCNC(=O)CCS(=O)(=O)C(C)(C)C(=O)O. The van der Waals surface area contributed by atoms with Gasteiger partial charge in [0.05, 0.1) is 5.75 Å². The second-order valence-corrected chi connectivity index (χ2v) is 6.50. The first-order valence-corrected chi connectivity index (χ1v) is 6.52. The summed E-state index contributed by atoms with van der Waals surface area (Å²) in [6.45, 7) is 4.36. The number of carbonyl (C=O) groups excluding carboxylic acids is 1. The topological polar surface area (TPSA) is 101 Å². The molecule has 0 unspecified atom stereocenters. The maximum Gasteiger partial charge on any atom is 0.324 e. The highest BCUT2D eigenvalue weighted by Gasteiger charge is 2.41. The molecule has 0 aliphatic heterocycles. The molecule has 0 fully saturated rings.